The van der Waals surface area contributed by atoms with Crippen molar-refractivity contribution in [3.8, 4) is 5.75 Å². The lowest BCUT2D eigenvalue weighted by Crippen LogP contribution is -2.38. The molecule has 17 heavy (non-hydrogen) atoms. The van der Waals surface area contributed by atoms with Gasteiger partial charge in [0.2, 0.25) is 0 Å². The van der Waals surface area contributed by atoms with E-state index in [-0.39, 0.29) is 0 Å². The van der Waals surface area contributed by atoms with Crippen molar-refractivity contribution in [2.75, 3.05) is 20.2 Å². The van der Waals surface area contributed by atoms with Gasteiger partial charge in [0.05, 0.1) is 6.10 Å². The van der Waals surface area contributed by atoms with Crippen LogP contribution in [-0.2, 0) is 11.3 Å². The van der Waals surface area contributed by atoms with E-state index in [2.05, 4.69) is 4.90 Å². The summed E-state index contributed by atoms with van der Waals surface area (Å²) in [5, 5.41) is 10.4. The molecule has 3 nitrogen and oxygen atoms in total. The van der Waals surface area contributed by atoms with Crippen LogP contribution in [0.5, 0.6) is 5.75 Å². The third kappa shape index (κ3) is 3.35. The van der Waals surface area contributed by atoms with Crippen LogP contribution < -0.4 is 0 Å². The number of benzene rings is 1. The highest BCUT2D eigenvalue weighted by Gasteiger charge is 2.20. The number of rotatable bonds is 3. The highest BCUT2D eigenvalue weighted by Crippen LogP contribution is 2.24. The molecule has 1 atom stereocenters. The van der Waals surface area contributed by atoms with Crippen molar-refractivity contribution < 1.29 is 9.84 Å². The van der Waals surface area contributed by atoms with Crippen LogP contribution >= 0.6 is 11.6 Å². The zero-order valence-electron chi connectivity index (χ0n) is 10.0. The van der Waals surface area contributed by atoms with Crippen molar-refractivity contribution in [3.05, 3.63) is 28.8 Å². The minimum absolute atomic E-state index is 0.310. The van der Waals surface area contributed by atoms with Gasteiger partial charge >= 0.3 is 0 Å². The zero-order chi connectivity index (χ0) is 12.3. The average Bonchev–Trinajstić information content (AvgIpc) is 2.34. The number of likely N-dealkylation sites (tertiary alicyclic amines) is 1. The molecule has 94 valence electrons. The third-order valence-electron chi connectivity index (χ3n) is 3.23. The fourth-order valence-electron chi connectivity index (χ4n) is 2.27. The van der Waals surface area contributed by atoms with E-state index in [1.165, 1.54) is 0 Å². The highest BCUT2D eigenvalue weighted by atomic mass is 35.5. The quantitative estimate of drug-likeness (QED) is 0.901. The van der Waals surface area contributed by atoms with Crippen molar-refractivity contribution in [1.82, 2.24) is 4.90 Å². The predicted octanol–water partition coefficient (Wildman–Crippen LogP) is 2.66. The maximum Gasteiger partial charge on any atom is 0.120 e. The molecule has 0 saturated carbocycles. The van der Waals surface area contributed by atoms with Gasteiger partial charge in [-0.2, -0.15) is 0 Å². The Morgan fingerprint density at radius 1 is 1.53 bits per heavy atom. The summed E-state index contributed by atoms with van der Waals surface area (Å²) in [6, 6.07) is 5.18. The lowest BCUT2D eigenvalue weighted by molar-refractivity contribution is 0.0283. The topological polar surface area (TPSA) is 32.7 Å². The second-order valence-electron chi connectivity index (χ2n) is 4.51. The number of phenolic OH excluding ortho intramolecular Hbond substituents is 1. The summed E-state index contributed by atoms with van der Waals surface area (Å²) in [6.07, 6.45) is 2.57. The summed E-state index contributed by atoms with van der Waals surface area (Å²) in [5.41, 5.74) is 0.884. The normalized spacial score (nSPS) is 21.6. The van der Waals surface area contributed by atoms with Crippen molar-refractivity contribution in [2.45, 2.75) is 25.5 Å². The van der Waals surface area contributed by atoms with E-state index in [1.807, 2.05) is 6.07 Å². The Morgan fingerprint density at radius 3 is 3.12 bits per heavy atom. The number of hydrogen-bond acceptors (Lipinski definition) is 3. The van der Waals surface area contributed by atoms with Crippen LogP contribution in [0.15, 0.2) is 18.2 Å². The van der Waals surface area contributed by atoms with Crippen LogP contribution in [0, 0.1) is 0 Å². The van der Waals surface area contributed by atoms with Crippen molar-refractivity contribution in [1.29, 1.82) is 0 Å². The first-order chi connectivity index (χ1) is 8.19. The van der Waals surface area contributed by atoms with E-state index < -0.39 is 0 Å². The summed E-state index contributed by atoms with van der Waals surface area (Å²) < 4.78 is 5.38. The van der Waals surface area contributed by atoms with Gasteiger partial charge in [0, 0.05) is 30.8 Å². The van der Waals surface area contributed by atoms with E-state index in [0.29, 0.717) is 16.9 Å². The van der Waals surface area contributed by atoms with Gasteiger partial charge in [0.15, 0.2) is 0 Å². The first-order valence-corrected chi connectivity index (χ1v) is 6.29. The zero-order valence-corrected chi connectivity index (χ0v) is 10.8. The molecule has 1 heterocycles. The van der Waals surface area contributed by atoms with Crippen LogP contribution in [0.4, 0.5) is 0 Å². The molecule has 0 spiro atoms. The maximum atomic E-state index is 9.77. The molecule has 1 aliphatic heterocycles. The minimum atomic E-state index is 0.310. The molecule has 1 aromatic rings. The second-order valence-corrected chi connectivity index (χ2v) is 4.94. The molecule has 0 aromatic heterocycles. The Bertz CT molecular complexity index is 384. The SMILES string of the molecule is COC1CCCN(Cc2cc(Cl)ccc2O)C1. The molecular formula is C13H18ClNO2. The Kier molecular flexibility index (Phi) is 4.26. The van der Waals surface area contributed by atoms with Crippen LogP contribution in [-0.4, -0.2) is 36.3 Å². The van der Waals surface area contributed by atoms with Crippen molar-refractivity contribution >= 4 is 11.6 Å². The van der Waals surface area contributed by atoms with Gasteiger partial charge in [-0.15, -0.1) is 0 Å². The number of methoxy groups -OCH3 is 1. The molecule has 1 aliphatic rings. The van der Waals surface area contributed by atoms with Gasteiger partial charge in [-0.3, -0.25) is 4.90 Å². The largest absolute Gasteiger partial charge is 0.508 e. The minimum Gasteiger partial charge on any atom is -0.508 e. The molecule has 1 aromatic carbocycles. The van der Waals surface area contributed by atoms with Gasteiger partial charge in [-0.1, -0.05) is 11.6 Å². The predicted molar refractivity (Wildman–Crippen MR) is 68.4 cm³/mol. The molecule has 4 heteroatoms. The molecule has 2 rings (SSSR count). The molecule has 1 N–H and O–H groups in total. The number of nitrogens with zero attached hydrogens (tertiary/aromatic N) is 1. The lowest BCUT2D eigenvalue weighted by atomic mass is 10.1. The van der Waals surface area contributed by atoms with Gasteiger partial charge in [-0.25, -0.2) is 0 Å². The number of aromatic hydroxyl groups is 1. The summed E-state index contributed by atoms with van der Waals surface area (Å²) in [6.45, 7) is 2.69. The molecule has 0 bridgehead atoms. The molecule has 1 fully saturated rings. The lowest BCUT2D eigenvalue weighted by Gasteiger charge is -2.32. The van der Waals surface area contributed by atoms with Crippen LogP contribution in [0.25, 0.3) is 0 Å². The molecule has 1 unspecified atom stereocenters. The summed E-state index contributed by atoms with van der Waals surface area (Å²) >= 11 is 5.94. The first-order valence-electron chi connectivity index (χ1n) is 5.91. The molecule has 1 saturated heterocycles. The number of halogens is 1. The molecule has 0 aliphatic carbocycles. The smallest absolute Gasteiger partial charge is 0.120 e. The second kappa shape index (κ2) is 5.71. The first kappa shape index (κ1) is 12.7. The Labute approximate surface area is 107 Å². The van der Waals surface area contributed by atoms with Crippen LogP contribution in [0.1, 0.15) is 18.4 Å². The third-order valence-corrected chi connectivity index (χ3v) is 3.47. The fourth-order valence-corrected chi connectivity index (χ4v) is 2.47. The average molecular weight is 256 g/mol. The number of ether oxygens (including phenoxy) is 1. The van der Waals surface area contributed by atoms with Gasteiger partial charge in [-0.05, 0) is 37.6 Å². The fraction of sp³-hybridized carbons (Fsp3) is 0.538. The van der Waals surface area contributed by atoms with E-state index in [1.54, 1.807) is 19.2 Å². The number of phenols is 1. The molecular weight excluding hydrogens is 238 g/mol. The Hall–Kier alpha value is -0.770. The standard InChI is InChI=1S/C13H18ClNO2/c1-17-12-3-2-6-15(9-12)8-10-7-11(14)4-5-13(10)16/h4-5,7,12,16H,2-3,6,8-9H2,1H3. The van der Waals surface area contributed by atoms with Gasteiger partial charge in [0.25, 0.3) is 0 Å². The monoisotopic (exact) mass is 255 g/mol. The van der Waals surface area contributed by atoms with Gasteiger partial charge in [0.1, 0.15) is 5.75 Å². The molecule has 0 amide bonds. The highest BCUT2D eigenvalue weighted by molar-refractivity contribution is 6.30. The van der Waals surface area contributed by atoms with Gasteiger partial charge < -0.3 is 9.84 Å². The summed E-state index contributed by atoms with van der Waals surface area (Å²) in [4.78, 5) is 2.29. The summed E-state index contributed by atoms with van der Waals surface area (Å²) in [5.74, 6) is 0.314. The van der Waals surface area contributed by atoms with E-state index in [0.717, 1.165) is 38.0 Å². The summed E-state index contributed by atoms with van der Waals surface area (Å²) in [7, 11) is 1.75. The van der Waals surface area contributed by atoms with E-state index in [9.17, 15) is 5.11 Å². The number of piperidine rings is 1. The molecule has 0 radical (unpaired) electrons. The van der Waals surface area contributed by atoms with E-state index in [4.69, 9.17) is 16.3 Å². The van der Waals surface area contributed by atoms with Crippen LogP contribution in [0.3, 0.4) is 0 Å². The Balaban J connectivity index is 2.02. The maximum absolute atomic E-state index is 9.77. The van der Waals surface area contributed by atoms with Crippen LogP contribution in [0.2, 0.25) is 5.02 Å². The number of hydrogen-bond donors (Lipinski definition) is 1. The van der Waals surface area contributed by atoms with Crippen molar-refractivity contribution in [3.63, 3.8) is 0 Å². The van der Waals surface area contributed by atoms with E-state index >= 15 is 0 Å². The Morgan fingerprint density at radius 2 is 2.35 bits per heavy atom. The van der Waals surface area contributed by atoms with Crippen molar-refractivity contribution in [2.24, 2.45) is 0 Å².